The summed E-state index contributed by atoms with van der Waals surface area (Å²) < 4.78 is 56.7. The van der Waals surface area contributed by atoms with Crippen molar-refractivity contribution in [1.29, 1.82) is 0 Å². The van der Waals surface area contributed by atoms with Crippen molar-refractivity contribution in [1.82, 2.24) is 0 Å². The number of hydrogen-bond donors (Lipinski definition) is 3. The Bertz CT molecular complexity index is 1520. The highest BCUT2D eigenvalue weighted by Gasteiger charge is 2.55. The molecule has 0 bridgehead atoms. The van der Waals surface area contributed by atoms with Gasteiger partial charge in [0, 0.05) is 0 Å². The maximum Gasteiger partial charge on any atom is 0.509 e. The second-order valence-corrected chi connectivity index (χ2v) is 12.8. The Kier molecular flexibility index (Phi) is 11.6. The highest BCUT2D eigenvalue weighted by Crippen LogP contribution is 2.34. The maximum atomic E-state index is 12.0. The first-order valence-corrected chi connectivity index (χ1v) is 17.0. The van der Waals surface area contributed by atoms with Crippen molar-refractivity contribution in [3.8, 4) is 0 Å². The van der Waals surface area contributed by atoms with E-state index in [1.165, 1.54) is 0 Å². The molecule has 4 fully saturated rings. The summed E-state index contributed by atoms with van der Waals surface area (Å²) in [6.45, 7) is 0.268. The number of rotatable bonds is 15. The Balaban J connectivity index is 0.968. The summed E-state index contributed by atoms with van der Waals surface area (Å²) >= 11 is 0. The molecule has 4 saturated heterocycles. The third-order valence-corrected chi connectivity index (χ3v) is 9.07. The van der Waals surface area contributed by atoms with E-state index in [0.29, 0.717) is 29.9 Å². The van der Waals surface area contributed by atoms with Gasteiger partial charge in [-0.05, 0) is 27.8 Å². The van der Waals surface area contributed by atoms with E-state index >= 15 is 0 Å². The van der Waals surface area contributed by atoms with Crippen molar-refractivity contribution >= 4 is 12.3 Å². The predicted molar refractivity (Wildman–Crippen MR) is 174 cm³/mol. The van der Waals surface area contributed by atoms with E-state index in [2.05, 4.69) is 0 Å². The van der Waals surface area contributed by atoms with Crippen molar-refractivity contribution in [2.24, 2.45) is 0 Å². The van der Waals surface area contributed by atoms with Gasteiger partial charge in [0.2, 0.25) is 0 Å². The van der Waals surface area contributed by atoms with Crippen LogP contribution in [0, 0.1) is 0 Å². The van der Waals surface area contributed by atoms with Gasteiger partial charge in [0.25, 0.3) is 0 Å². The molecule has 0 aliphatic carbocycles. The van der Waals surface area contributed by atoms with Gasteiger partial charge in [-0.25, -0.2) is 9.59 Å². The van der Waals surface area contributed by atoms with E-state index in [0.717, 1.165) is 11.1 Å². The molecule has 4 heterocycles. The van der Waals surface area contributed by atoms with E-state index in [1.807, 2.05) is 60.7 Å². The molecule has 0 unspecified atom stereocenters. The molecule has 0 spiro atoms. The van der Waals surface area contributed by atoms with Gasteiger partial charge >= 0.3 is 12.3 Å². The van der Waals surface area contributed by atoms with Crippen molar-refractivity contribution in [3.05, 3.63) is 107 Å². The minimum Gasteiger partial charge on any atom is -0.424 e. The summed E-state index contributed by atoms with van der Waals surface area (Å²) in [6.07, 6.45) is -12.3. The van der Waals surface area contributed by atoms with Crippen LogP contribution in [0.25, 0.3) is 0 Å². The molecule has 3 aromatic carbocycles. The molecule has 0 aromatic heterocycles. The van der Waals surface area contributed by atoms with Crippen LogP contribution in [-0.4, -0.2) is 102 Å². The average molecular weight is 725 g/mol. The second-order valence-electron chi connectivity index (χ2n) is 12.8. The molecule has 0 radical (unpaired) electrons. The van der Waals surface area contributed by atoms with Crippen LogP contribution in [0.5, 0.6) is 0 Å². The van der Waals surface area contributed by atoms with Crippen molar-refractivity contribution in [2.75, 3.05) is 13.2 Å². The molecule has 0 amide bonds. The van der Waals surface area contributed by atoms with Gasteiger partial charge in [0.1, 0.15) is 24.4 Å². The molecule has 3 aromatic rings. The molecule has 4 aliphatic heterocycles. The van der Waals surface area contributed by atoms with Gasteiger partial charge in [-0.15, -0.1) is 0 Å². The third kappa shape index (κ3) is 8.55. The molecule has 3 N–H and O–H groups in total. The number of carbonyl (C=O) groups is 2. The Morgan fingerprint density at radius 3 is 1.35 bits per heavy atom. The number of aliphatic hydroxyl groups is 3. The molecular weight excluding hydrogens is 684 g/mol. The molecule has 278 valence electrons. The van der Waals surface area contributed by atoms with Gasteiger partial charge in [-0.2, -0.15) is 0 Å². The quantitative estimate of drug-likeness (QED) is 0.194. The molecule has 10 atom stereocenters. The van der Waals surface area contributed by atoms with Crippen LogP contribution in [-0.2, 0) is 80.4 Å². The number of ether oxygens (including phenoxy) is 10. The average Bonchev–Trinajstić information content (AvgIpc) is 3.76. The van der Waals surface area contributed by atoms with Crippen LogP contribution in [0.15, 0.2) is 78.9 Å². The molecule has 7 rings (SSSR count). The number of aliphatic hydroxyl groups excluding tert-OH is 3. The molecule has 0 saturated carbocycles. The molecule has 4 aliphatic rings. The van der Waals surface area contributed by atoms with E-state index in [1.54, 1.807) is 18.2 Å². The van der Waals surface area contributed by atoms with Crippen molar-refractivity contribution < 1.29 is 72.3 Å². The zero-order chi connectivity index (χ0) is 36.0. The fraction of sp³-hybridized carbons (Fsp3) is 0.459. The SMILES string of the molecule is O=C1O[C@@H]2[C@@H](O)[C@H](OCc3cc(CO)cc(CO[C@@H]4O[C@H](COCc5ccccc5)[C@@H]5OC(=O)O[C@@H]5[C@H]4O)c3)O[C@H](COCc3ccccc3)[C@@H]2O1. The summed E-state index contributed by atoms with van der Waals surface area (Å²) in [6, 6.07) is 24.2. The first kappa shape index (κ1) is 36.2. The largest absolute Gasteiger partial charge is 0.509 e. The Labute approximate surface area is 298 Å². The predicted octanol–water partition coefficient (Wildman–Crippen LogP) is 2.63. The first-order valence-electron chi connectivity index (χ1n) is 17.0. The van der Waals surface area contributed by atoms with E-state index in [4.69, 9.17) is 47.4 Å². The number of benzene rings is 3. The van der Waals surface area contributed by atoms with Crippen molar-refractivity contribution in [2.45, 2.75) is 94.4 Å². The van der Waals surface area contributed by atoms with Crippen LogP contribution in [0.4, 0.5) is 9.59 Å². The Hall–Kier alpha value is -4.16. The summed E-state index contributed by atoms with van der Waals surface area (Å²) in [5.41, 5.74) is 3.66. The lowest BCUT2D eigenvalue weighted by molar-refractivity contribution is -0.288. The van der Waals surface area contributed by atoms with Gasteiger partial charge in [-0.3, -0.25) is 0 Å². The highest BCUT2D eigenvalue weighted by molar-refractivity contribution is 5.63. The number of hydrogen-bond acceptors (Lipinski definition) is 15. The van der Waals surface area contributed by atoms with Crippen LogP contribution < -0.4 is 0 Å². The minimum atomic E-state index is -1.35. The zero-order valence-corrected chi connectivity index (χ0v) is 28.0. The fourth-order valence-corrected chi connectivity index (χ4v) is 6.57. The minimum absolute atomic E-state index is 0.0444. The van der Waals surface area contributed by atoms with E-state index < -0.39 is 73.7 Å². The summed E-state index contributed by atoms with van der Waals surface area (Å²) in [7, 11) is 0. The Morgan fingerprint density at radius 1 is 0.519 bits per heavy atom. The van der Waals surface area contributed by atoms with Crippen LogP contribution in [0.3, 0.4) is 0 Å². The lowest BCUT2D eigenvalue weighted by Gasteiger charge is -2.38. The van der Waals surface area contributed by atoms with E-state index in [-0.39, 0.29) is 33.0 Å². The zero-order valence-electron chi connectivity index (χ0n) is 28.0. The van der Waals surface area contributed by atoms with Gasteiger partial charge in [0.05, 0.1) is 46.2 Å². The van der Waals surface area contributed by atoms with Gasteiger partial charge in [-0.1, -0.05) is 78.9 Å². The number of carbonyl (C=O) groups excluding carboxylic acids is 2. The Morgan fingerprint density at radius 2 is 0.923 bits per heavy atom. The first-order chi connectivity index (χ1) is 25.3. The normalized spacial score (nSPS) is 30.8. The van der Waals surface area contributed by atoms with Crippen LogP contribution >= 0.6 is 0 Å². The monoisotopic (exact) mass is 724 g/mol. The fourth-order valence-electron chi connectivity index (χ4n) is 6.57. The lowest BCUT2D eigenvalue weighted by atomic mass is 9.99. The maximum absolute atomic E-state index is 12.0. The number of fused-ring (bicyclic) bond motifs is 2. The van der Waals surface area contributed by atoms with Crippen LogP contribution in [0.1, 0.15) is 27.8 Å². The third-order valence-electron chi connectivity index (χ3n) is 9.07. The van der Waals surface area contributed by atoms with E-state index in [9.17, 15) is 24.9 Å². The summed E-state index contributed by atoms with van der Waals surface area (Å²) in [4.78, 5) is 24.0. The molecule has 15 heteroatoms. The van der Waals surface area contributed by atoms with Crippen molar-refractivity contribution in [3.63, 3.8) is 0 Å². The van der Waals surface area contributed by atoms with Gasteiger partial charge < -0.3 is 62.7 Å². The summed E-state index contributed by atoms with van der Waals surface area (Å²) in [5, 5.41) is 32.0. The lowest BCUT2D eigenvalue weighted by Crippen LogP contribution is -2.58. The van der Waals surface area contributed by atoms with Crippen LogP contribution in [0.2, 0.25) is 0 Å². The smallest absolute Gasteiger partial charge is 0.424 e. The standard InChI is InChI=1S/C37H40O15/c38-14-23-11-24(17-45-34-28(39)32-30(49-36(41)51-32)26(47-34)19-43-15-21-7-3-1-4-8-21)13-25(12-23)18-46-35-29(40)33-31(50-37(42)52-33)27(48-35)20-44-16-22-9-5-2-6-10-22/h1-13,26-35,38-40H,14-20H2/t26-,27-,28-,29-,30+,31+,32-,33-,34-,35-/m1/s1. The topological polar surface area (TPSA) is 187 Å². The highest BCUT2D eigenvalue weighted by atomic mass is 16.8. The molecular formula is C37H40O15. The van der Waals surface area contributed by atoms with Gasteiger partial charge in [0.15, 0.2) is 37.0 Å². The second kappa shape index (κ2) is 16.7. The summed E-state index contributed by atoms with van der Waals surface area (Å²) in [5.74, 6) is 0. The molecule has 15 nitrogen and oxygen atoms in total. The molecule has 52 heavy (non-hydrogen) atoms.